The second-order valence-electron chi connectivity index (χ2n) is 6.64. The zero-order valence-electron chi connectivity index (χ0n) is 15.9. The van der Waals surface area contributed by atoms with Crippen LogP contribution in [0, 0.1) is 0 Å². The molecule has 1 saturated heterocycles. The number of hydrogen-bond donors (Lipinski definition) is 3. The van der Waals surface area contributed by atoms with E-state index in [1.54, 1.807) is 12.1 Å². The van der Waals surface area contributed by atoms with Crippen LogP contribution in [0.4, 0.5) is 17.5 Å². The third-order valence-corrected chi connectivity index (χ3v) is 4.89. The number of rotatable bonds is 4. The largest absolute Gasteiger partial charge is 0.506 e. The molecule has 1 unspecified atom stereocenters. The number of phenolic OH excluding ortho intramolecular Hbond substituents is 1. The van der Waals surface area contributed by atoms with Crippen LogP contribution in [0.25, 0.3) is 0 Å². The summed E-state index contributed by atoms with van der Waals surface area (Å²) >= 11 is 6.51. The number of phenols is 1. The first-order chi connectivity index (χ1) is 13.4. The smallest absolute Gasteiger partial charge is 0.222 e. The first-order valence-electron chi connectivity index (χ1n) is 9.16. The van der Waals surface area contributed by atoms with E-state index in [9.17, 15) is 9.90 Å². The SMILES string of the molecule is CCc1cc(N2CCCOCC2c2cc(O)c(NC(C)=O)cc2Cl)nc(N)n1. The molecule has 2 aromatic rings. The lowest BCUT2D eigenvalue weighted by atomic mass is 10.0. The first kappa shape index (κ1) is 20.2. The van der Waals surface area contributed by atoms with E-state index in [-0.39, 0.29) is 29.3 Å². The molecule has 150 valence electrons. The van der Waals surface area contributed by atoms with Gasteiger partial charge in [0.25, 0.3) is 0 Å². The summed E-state index contributed by atoms with van der Waals surface area (Å²) in [6.07, 6.45) is 1.55. The van der Waals surface area contributed by atoms with Gasteiger partial charge in [0.1, 0.15) is 11.6 Å². The van der Waals surface area contributed by atoms with Crippen LogP contribution >= 0.6 is 11.6 Å². The molecule has 0 spiro atoms. The van der Waals surface area contributed by atoms with Gasteiger partial charge in [0.2, 0.25) is 11.9 Å². The topological polar surface area (TPSA) is 114 Å². The molecule has 1 atom stereocenters. The summed E-state index contributed by atoms with van der Waals surface area (Å²) in [6, 6.07) is 4.74. The van der Waals surface area contributed by atoms with E-state index in [4.69, 9.17) is 22.1 Å². The summed E-state index contributed by atoms with van der Waals surface area (Å²) in [4.78, 5) is 22.0. The van der Waals surface area contributed by atoms with Crippen molar-refractivity contribution in [1.29, 1.82) is 0 Å². The molecule has 2 heterocycles. The van der Waals surface area contributed by atoms with Gasteiger partial charge in [0.15, 0.2) is 0 Å². The highest BCUT2D eigenvalue weighted by atomic mass is 35.5. The van der Waals surface area contributed by atoms with Crippen LogP contribution in [0.5, 0.6) is 5.75 Å². The number of carbonyl (C=O) groups is 1. The van der Waals surface area contributed by atoms with Gasteiger partial charge in [0, 0.05) is 36.9 Å². The number of nitrogens with two attached hydrogens (primary N) is 1. The summed E-state index contributed by atoms with van der Waals surface area (Å²) in [5, 5.41) is 13.4. The number of benzene rings is 1. The minimum Gasteiger partial charge on any atom is -0.506 e. The Balaban J connectivity index is 2.03. The van der Waals surface area contributed by atoms with Crippen molar-refractivity contribution in [2.24, 2.45) is 0 Å². The lowest BCUT2D eigenvalue weighted by molar-refractivity contribution is -0.114. The maximum Gasteiger partial charge on any atom is 0.222 e. The van der Waals surface area contributed by atoms with E-state index in [1.165, 1.54) is 6.92 Å². The zero-order chi connectivity index (χ0) is 20.3. The van der Waals surface area contributed by atoms with E-state index in [0.717, 1.165) is 18.5 Å². The van der Waals surface area contributed by atoms with Crippen molar-refractivity contribution >= 4 is 35.0 Å². The van der Waals surface area contributed by atoms with Crippen molar-refractivity contribution in [2.75, 3.05) is 35.7 Å². The highest BCUT2D eigenvalue weighted by Gasteiger charge is 2.28. The van der Waals surface area contributed by atoms with Gasteiger partial charge in [0.05, 0.1) is 18.3 Å². The van der Waals surface area contributed by atoms with Crippen LogP contribution in [0.15, 0.2) is 18.2 Å². The van der Waals surface area contributed by atoms with Crippen molar-refractivity contribution in [3.8, 4) is 5.75 Å². The molecule has 4 N–H and O–H groups in total. The number of nitrogens with one attached hydrogen (secondary N) is 1. The molecule has 0 bridgehead atoms. The van der Waals surface area contributed by atoms with Crippen LogP contribution in [0.2, 0.25) is 5.02 Å². The molecule has 3 rings (SSSR count). The molecule has 28 heavy (non-hydrogen) atoms. The Morgan fingerprint density at radius 3 is 2.93 bits per heavy atom. The standard InChI is InChI=1S/C19H24ClN5O3/c1-3-12-7-18(24-19(21)23-12)25-5-4-6-28-10-16(25)13-8-17(27)15(9-14(13)20)22-11(2)26/h7-9,16,27H,3-6,10H2,1-2H3,(H,22,26)(H2,21,23,24). The molecule has 1 fully saturated rings. The number of carbonyl (C=O) groups excluding carboxylic acids is 1. The van der Waals surface area contributed by atoms with Gasteiger partial charge in [-0.15, -0.1) is 0 Å². The van der Waals surface area contributed by atoms with E-state index >= 15 is 0 Å². The fourth-order valence-electron chi connectivity index (χ4n) is 3.26. The lowest BCUT2D eigenvalue weighted by Gasteiger charge is -2.31. The zero-order valence-corrected chi connectivity index (χ0v) is 16.7. The Labute approximate surface area is 168 Å². The predicted molar refractivity (Wildman–Crippen MR) is 109 cm³/mol. The number of aromatic nitrogens is 2. The van der Waals surface area contributed by atoms with Crippen molar-refractivity contribution in [3.63, 3.8) is 0 Å². The minimum absolute atomic E-state index is 0.0600. The van der Waals surface area contributed by atoms with Gasteiger partial charge in [-0.25, -0.2) is 4.98 Å². The summed E-state index contributed by atoms with van der Waals surface area (Å²) in [5.74, 6) is 0.562. The van der Waals surface area contributed by atoms with Crippen LogP contribution < -0.4 is 16.0 Å². The van der Waals surface area contributed by atoms with Crippen LogP contribution in [-0.4, -0.2) is 40.7 Å². The van der Waals surface area contributed by atoms with Crippen molar-refractivity contribution in [3.05, 3.63) is 34.5 Å². The number of nitrogens with zero attached hydrogens (tertiary/aromatic N) is 3. The number of amides is 1. The number of hydrogen-bond acceptors (Lipinski definition) is 7. The summed E-state index contributed by atoms with van der Waals surface area (Å²) in [6.45, 7) is 5.05. The van der Waals surface area contributed by atoms with Gasteiger partial charge in [-0.3, -0.25) is 4.79 Å². The van der Waals surface area contributed by atoms with Crippen molar-refractivity contribution in [2.45, 2.75) is 32.7 Å². The number of nitrogen functional groups attached to an aromatic ring is 1. The molecule has 0 saturated carbocycles. The van der Waals surface area contributed by atoms with Gasteiger partial charge in [-0.2, -0.15) is 4.98 Å². The van der Waals surface area contributed by atoms with Crippen molar-refractivity contribution < 1.29 is 14.6 Å². The molecule has 0 aliphatic carbocycles. The molecule has 1 aliphatic rings. The molecule has 1 aliphatic heterocycles. The van der Waals surface area contributed by atoms with Crippen LogP contribution in [-0.2, 0) is 16.0 Å². The monoisotopic (exact) mass is 405 g/mol. The van der Waals surface area contributed by atoms with E-state index < -0.39 is 0 Å². The quantitative estimate of drug-likeness (QED) is 0.670. The lowest BCUT2D eigenvalue weighted by Crippen LogP contribution is -2.32. The number of aromatic hydroxyl groups is 1. The van der Waals surface area contributed by atoms with Gasteiger partial charge >= 0.3 is 0 Å². The van der Waals surface area contributed by atoms with E-state index in [2.05, 4.69) is 20.2 Å². The normalized spacial score (nSPS) is 17.2. The molecular formula is C19H24ClN5O3. The number of ether oxygens (including phenoxy) is 1. The second-order valence-corrected chi connectivity index (χ2v) is 7.05. The van der Waals surface area contributed by atoms with Crippen LogP contribution in [0.3, 0.4) is 0 Å². The predicted octanol–water partition coefficient (Wildman–Crippen LogP) is 2.91. The Bertz CT molecular complexity index is 877. The highest BCUT2D eigenvalue weighted by molar-refractivity contribution is 6.32. The Morgan fingerprint density at radius 1 is 1.43 bits per heavy atom. The summed E-state index contributed by atoms with van der Waals surface area (Å²) in [7, 11) is 0. The molecular weight excluding hydrogens is 382 g/mol. The fraction of sp³-hybridized carbons (Fsp3) is 0.421. The average molecular weight is 406 g/mol. The number of halogens is 1. The molecule has 0 radical (unpaired) electrons. The second kappa shape index (κ2) is 8.62. The maximum atomic E-state index is 11.3. The maximum absolute atomic E-state index is 11.3. The molecule has 1 aromatic heterocycles. The molecule has 1 aromatic carbocycles. The highest BCUT2D eigenvalue weighted by Crippen LogP contribution is 2.38. The fourth-order valence-corrected chi connectivity index (χ4v) is 3.55. The third kappa shape index (κ3) is 4.45. The van der Waals surface area contributed by atoms with Gasteiger partial charge in [-0.1, -0.05) is 18.5 Å². The Morgan fingerprint density at radius 2 is 2.21 bits per heavy atom. The van der Waals surface area contributed by atoms with E-state index in [1.807, 2.05) is 13.0 Å². The van der Waals surface area contributed by atoms with Crippen LogP contribution in [0.1, 0.15) is 37.6 Å². The molecule has 1 amide bonds. The van der Waals surface area contributed by atoms with Gasteiger partial charge in [-0.05, 0) is 30.5 Å². The van der Waals surface area contributed by atoms with Crippen molar-refractivity contribution in [1.82, 2.24) is 9.97 Å². The average Bonchev–Trinajstić information content (AvgIpc) is 2.89. The Kier molecular flexibility index (Phi) is 6.21. The summed E-state index contributed by atoms with van der Waals surface area (Å²) < 4.78 is 5.76. The molecule has 8 nitrogen and oxygen atoms in total. The summed E-state index contributed by atoms with van der Waals surface area (Å²) in [5.41, 5.74) is 7.70. The molecule has 9 heteroatoms. The third-order valence-electron chi connectivity index (χ3n) is 4.56. The number of aryl methyl sites for hydroxylation is 1. The number of anilines is 3. The first-order valence-corrected chi connectivity index (χ1v) is 9.54. The minimum atomic E-state index is -0.290. The Hall–Kier alpha value is -2.58. The van der Waals surface area contributed by atoms with Gasteiger partial charge < -0.3 is 25.8 Å². The van der Waals surface area contributed by atoms with E-state index in [0.29, 0.717) is 36.2 Å².